The van der Waals surface area contributed by atoms with E-state index in [-0.39, 0.29) is 0 Å². The third-order valence-electron chi connectivity index (χ3n) is 5.23. The molecule has 0 saturated carbocycles. The first kappa shape index (κ1) is 41.9. The Kier molecular flexibility index (Phi) is 24.2. The number of hydrogen-bond acceptors (Lipinski definition) is 3. The van der Waals surface area contributed by atoms with Gasteiger partial charge in [-0.05, 0) is 55.2 Å². The average molecular weight is 589 g/mol. The van der Waals surface area contributed by atoms with Gasteiger partial charge in [0.05, 0.1) is 0 Å². The van der Waals surface area contributed by atoms with Gasteiger partial charge in [0.1, 0.15) is 0 Å². The second-order valence-electron chi connectivity index (χ2n) is 10.0. The molecule has 0 heterocycles. The topological polar surface area (TPSA) is 173 Å². The first-order chi connectivity index (χ1) is 19.3. The van der Waals surface area contributed by atoms with Gasteiger partial charge in [-0.25, -0.2) is 14.4 Å². The number of aryl methyl sites for hydroxylation is 3. The standard InChI is InChI=1S/3C10H14.3CH2O3/c3*1-8(2)10-6-4-9(3)5-7-10;3*2-1(3)4/h3*4-8H,1-3H3;3*(H2,2,3,4). The first-order valence-electron chi connectivity index (χ1n) is 13.2. The molecule has 0 radical (unpaired) electrons. The summed E-state index contributed by atoms with van der Waals surface area (Å²) >= 11 is 0. The molecule has 0 amide bonds. The van der Waals surface area contributed by atoms with Crippen molar-refractivity contribution in [3.05, 3.63) is 106 Å². The highest BCUT2D eigenvalue weighted by Crippen LogP contribution is 2.15. The maximum Gasteiger partial charge on any atom is 0.503 e. The van der Waals surface area contributed by atoms with Crippen LogP contribution in [0.3, 0.4) is 0 Å². The summed E-state index contributed by atoms with van der Waals surface area (Å²) in [6, 6.07) is 26.1. The zero-order valence-corrected chi connectivity index (χ0v) is 26.1. The van der Waals surface area contributed by atoms with E-state index in [0.29, 0.717) is 17.8 Å². The molecule has 3 rings (SSSR count). The summed E-state index contributed by atoms with van der Waals surface area (Å²) in [5, 5.41) is 41.8. The summed E-state index contributed by atoms with van der Waals surface area (Å²) in [6.07, 6.45) is -5.50. The molecular weight excluding hydrogens is 540 g/mol. The van der Waals surface area contributed by atoms with Gasteiger partial charge in [-0.3, -0.25) is 0 Å². The largest absolute Gasteiger partial charge is 0.503 e. The molecule has 0 aromatic heterocycles. The Balaban J connectivity index is -0.000000458. The van der Waals surface area contributed by atoms with Crippen molar-refractivity contribution in [2.75, 3.05) is 0 Å². The van der Waals surface area contributed by atoms with Gasteiger partial charge in [-0.2, -0.15) is 0 Å². The molecule has 0 atom stereocenters. The van der Waals surface area contributed by atoms with Crippen molar-refractivity contribution >= 4 is 18.5 Å². The normalized spacial score (nSPS) is 9.14. The number of hydrogen-bond donors (Lipinski definition) is 6. The van der Waals surface area contributed by atoms with Crippen molar-refractivity contribution in [3.8, 4) is 0 Å². The molecule has 0 bridgehead atoms. The number of carbonyl (C=O) groups is 3. The van der Waals surface area contributed by atoms with E-state index in [2.05, 4.69) is 135 Å². The van der Waals surface area contributed by atoms with Gasteiger partial charge in [0.2, 0.25) is 0 Å². The monoisotopic (exact) mass is 588 g/mol. The van der Waals surface area contributed by atoms with Crippen LogP contribution in [0.4, 0.5) is 14.4 Å². The van der Waals surface area contributed by atoms with Crippen LogP contribution in [-0.4, -0.2) is 49.1 Å². The van der Waals surface area contributed by atoms with E-state index < -0.39 is 18.5 Å². The summed E-state index contributed by atoms with van der Waals surface area (Å²) in [5.41, 5.74) is 8.28. The SMILES string of the molecule is Cc1ccc(C(C)C)cc1.Cc1ccc(C(C)C)cc1.Cc1ccc(C(C)C)cc1.O=C(O)O.O=C(O)O.O=C(O)O. The highest BCUT2D eigenvalue weighted by molar-refractivity contribution is 5.53. The maximum absolute atomic E-state index is 8.56. The van der Waals surface area contributed by atoms with Crippen molar-refractivity contribution < 1.29 is 45.0 Å². The molecular formula is C33H48O9. The molecule has 0 spiro atoms. The van der Waals surface area contributed by atoms with Crippen LogP contribution in [0.5, 0.6) is 0 Å². The number of carboxylic acid groups (broad SMARTS) is 6. The van der Waals surface area contributed by atoms with E-state index in [9.17, 15) is 0 Å². The van der Waals surface area contributed by atoms with Crippen molar-refractivity contribution in [2.24, 2.45) is 0 Å². The molecule has 0 saturated heterocycles. The quantitative estimate of drug-likeness (QED) is 0.174. The summed E-state index contributed by atoms with van der Waals surface area (Å²) in [5.74, 6) is 1.96. The smallest absolute Gasteiger partial charge is 0.450 e. The van der Waals surface area contributed by atoms with Gasteiger partial charge in [0, 0.05) is 0 Å². The molecule has 0 aliphatic carbocycles. The molecule has 3 aromatic carbocycles. The fraction of sp³-hybridized carbons (Fsp3) is 0.364. The Morgan fingerprint density at radius 3 is 0.595 bits per heavy atom. The summed E-state index contributed by atoms with van der Waals surface area (Å²) in [6.45, 7) is 19.6. The average Bonchev–Trinajstić information content (AvgIpc) is 2.85. The lowest BCUT2D eigenvalue weighted by atomic mass is 10.0. The Labute approximate surface area is 249 Å². The van der Waals surface area contributed by atoms with Crippen LogP contribution in [0, 0.1) is 20.8 Å². The highest BCUT2D eigenvalue weighted by Gasteiger charge is 1.97. The van der Waals surface area contributed by atoms with E-state index in [0.717, 1.165) is 0 Å². The van der Waals surface area contributed by atoms with Gasteiger partial charge >= 0.3 is 18.5 Å². The van der Waals surface area contributed by atoms with Crippen LogP contribution in [0.15, 0.2) is 72.8 Å². The first-order valence-corrected chi connectivity index (χ1v) is 13.2. The fourth-order valence-corrected chi connectivity index (χ4v) is 2.85. The highest BCUT2D eigenvalue weighted by atomic mass is 16.6. The minimum Gasteiger partial charge on any atom is -0.450 e. The van der Waals surface area contributed by atoms with E-state index in [1.165, 1.54) is 33.4 Å². The predicted molar refractivity (Wildman–Crippen MR) is 168 cm³/mol. The van der Waals surface area contributed by atoms with Crippen molar-refractivity contribution in [1.29, 1.82) is 0 Å². The number of benzene rings is 3. The van der Waals surface area contributed by atoms with Gasteiger partial charge < -0.3 is 30.6 Å². The molecule has 42 heavy (non-hydrogen) atoms. The van der Waals surface area contributed by atoms with E-state index >= 15 is 0 Å². The molecule has 0 aliphatic heterocycles. The summed E-state index contributed by atoms with van der Waals surface area (Å²) in [7, 11) is 0. The molecule has 0 fully saturated rings. The van der Waals surface area contributed by atoms with E-state index in [4.69, 9.17) is 45.0 Å². The zero-order chi connectivity index (χ0) is 33.4. The Bertz CT molecular complexity index is 959. The Hall–Kier alpha value is -4.53. The lowest BCUT2D eigenvalue weighted by Gasteiger charge is -2.03. The van der Waals surface area contributed by atoms with Crippen molar-refractivity contribution in [2.45, 2.75) is 80.1 Å². The molecule has 9 nitrogen and oxygen atoms in total. The maximum atomic E-state index is 8.56. The molecule has 234 valence electrons. The second kappa shape index (κ2) is 24.3. The minimum atomic E-state index is -1.83. The zero-order valence-electron chi connectivity index (χ0n) is 26.1. The lowest BCUT2D eigenvalue weighted by molar-refractivity contribution is 0.135. The van der Waals surface area contributed by atoms with Crippen LogP contribution in [0.2, 0.25) is 0 Å². The third kappa shape index (κ3) is 30.0. The lowest BCUT2D eigenvalue weighted by Crippen LogP contribution is -1.85. The van der Waals surface area contributed by atoms with E-state index in [1.54, 1.807) is 0 Å². The molecule has 3 aromatic rings. The minimum absolute atomic E-state index is 0.653. The summed E-state index contributed by atoms with van der Waals surface area (Å²) in [4.78, 5) is 25.7. The Morgan fingerprint density at radius 2 is 0.500 bits per heavy atom. The van der Waals surface area contributed by atoms with E-state index in [1.807, 2.05) is 0 Å². The van der Waals surface area contributed by atoms with Crippen LogP contribution in [0.1, 0.15) is 92.7 Å². The molecule has 9 heteroatoms. The van der Waals surface area contributed by atoms with Crippen LogP contribution >= 0.6 is 0 Å². The molecule has 0 aliphatic rings. The van der Waals surface area contributed by atoms with Crippen LogP contribution < -0.4 is 0 Å². The number of rotatable bonds is 3. The van der Waals surface area contributed by atoms with Crippen LogP contribution in [-0.2, 0) is 0 Å². The van der Waals surface area contributed by atoms with Gasteiger partial charge in [-0.1, -0.05) is 131 Å². The third-order valence-corrected chi connectivity index (χ3v) is 5.23. The van der Waals surface area contributed by atoms with Gasteiger partial charge in [0.15, 0.2) is 0 Å². The molecule has 0 unspecified atom stereocenters. The Morgan fingerprint density at radius 1 is 0.381 bits per heavy atom. The summed E-state index contributed by atoms with van der Waals surface area (Å²) < 4.78 is 0. The fourth-order valence-electron chi connectivity index (χ4n) is 2.85. The molecule has 6 N–H and O–H groups in total. The van der Waals surface area contributed by atoms with Gasteiger partial charge in [-0.15, -0.1) is 0 Å². The predicted octanol–water partition coefficient (Wildman–Crippen LogP) is 10.0. The van der Waals surface area contributed by atoms with Crippen molar-refractivity contribution in [1.82, 2.24) is 0 Å². The van der Waals surface area contributed by atoms with Crippen LogP contribution in [0.25, 0.3) is 0 Å². The van der Waals surface area contributed by atoms with Gasteiger partial charge in [0.25, 0.3) is 0 Å². The van der Waals surface area contributed by atoms with Crippen molar-refractivity contribution in [3.63, 3.8) is 0 Å². The second-order valence-corrected chi connectivity index (χ2v) is 10.0.